The van der Waals surface area contributed by atoms with Crippen LogP contribution in [0, 0.1) is 5.92 Å². The molecule has 0 spiro atoms. The molecule has 0 saturated carbocycles. The number of hydrogen-bond acceptors (Lipinski definition) is 4. The van der Waals surface area contributed by atoms with Crippen molar-refractivity contribution in [3.63, 3.8) is 0 Å². The molecule has 1 N–H and O–H groups in total. The topological polar surface area (TPSA) is 56.8 Å². The van der Waals surface area contributed by atoms with E-state index in [2.05, 4.69) is 5.32 Å². The number of alkyl carbamates (subject to hydrolysis) is 1. The summed E-state index contributed by atoms with van der Waals surface area (Å²) >= 11 is 12.1. The lowest BCUT2D eigenvalue weighted by molar-refractivity contribution is 0.131. The third kappa shape index (κ3) is 7.02. The molecule has 0 saturated heterocycles. The van der Waals surface area contributed by atoms with E-state index in [1.807, 2.05) is 13.8 Å². The Morgan fingerprint density at radius 3 is 2.58 bits per heavy atom. The summed E-state index contributed by atoms with van der Waals surface area (Å²) in [5.74, 6) is 1.98. The molecule has 0 aliphatic rings. The van der Waals surface area contributed by atoms with Crippen LogP contribution in [0.25, 0.3) is 0 Å². The second kappa shape index (κ2) is 10.1. The molecule has 2 rings (SSSR count). The first-order chi connectivity index (χ1) is 12.4. The molecule has 0 atom stereocenters. The minimum absolute atomic E-state index is 0.269. The summed E-state index contributed by atoms with van der Waals surface area (Å²) in [5.41, 5.74) is 0. The Labute approximate surface area is 163 Å². The van der Waals surface area contributed by atoms with Gasteiger partial charge in [-0.2, -0.15) is 0 Å². The molecular weight excluding hydrogens is 377 g/mol. The molecule has 7 heteroatoms. The van der Waals surface area contributed by atoms with Gasteiger partial charge in [0.25, 0.3) is 0 Å². The lowest BCUT2D eigenvalue weighted by atomic mass is 10.2. The van der Waals surface area contributed by atoms with Gasteiger partial charge >= 0.3 is 6.09 Å². The molecule has 0 aliphatic heterocycles. The summed E-state index contributed by atoms with van der Waals surface area (Å²) < 4.78 is 16.3. The number of benzene rings is 2. The van der Waals surface area contributed by atoms with Crippen LogP contribution < -0.4 is 14.8 Å². The summed E-state index contributed by atoms with van der Waals surface area (Å²) in [7, 11) is 0. The van der Waals surface area contributed by atoms with Gasteiger partial charge in [-0.15, -0.1) is 0 Å². The summed E-state index contributed by atoms with van der Waals surface area (Å²) in [6, 6.07) is 12.2. The van der Waals surface area contributed by atoms with Crippen LogP contribution in [0.2, 0.25) is 10.0 Å². The second-order valence-corrected chi connectivity index (χ2v) is 6.76. The molecule has 26 heavy (non-hydrogen) atoms. The van der Waals surface area contributed by atoms with E-state index in [1.165, 1.54) is 0 Å². The average molecular weight is 398 g/mol. The Balaban J connectivity index is 1.79. The van der Waals surface area contributed by atoms with Gasteiger partial charge in [0.05, 0.1) is 18.2 Å². The molecule has 0 unspecified atom stereocenters. The zero-order valence-corrected chi connectivity index (χ0v) is 16.1. The Kier molecular flexibility index (Phi) is 7.88. The van der Waals surface area contributed by atoms with Crippen molar-refractivity contribution in [2.24, 2.45) is 5.92 Å². The average Bonchev–Trinajstić information content (AvgIpc) is 2.58. The van der Waals surface area contributed by atoms with Crippen LogP contribution in [0.4, 0.5) is 4.79 Å². The summed E-state index contributed by atoms with van der Waals surface area (Å²) in [6.07, 6.45) is -0.460. The van der Waals surface area contributed by atoms with E-state index in [4.69, 9.17) is 37.4 Å². The van der Waals surface area contributed by atoms with E-state index in [1.54, 1.807) is 42.5 Å². The fourth-order valence-electron chi connectivity index (χ4n) is 1.94. The number of halogens is 2. The van der Waals surface area contributed by atoms with Crippen molar-refractivity contribution in [3.05, 3.63) is 52.5 Å². The van der Waals surface area contributed by atoms with Crippen molar-refractivity contribution in [1.29, 1.82) is 0 Å². The van der Waals surface area contributed by atoms with Crippen LogP contribution in [-0.2, 0) is 4.74 Å². The van der Waals surface area contributed by atoms with Crippen LogP contribution in [0.5, 0.6) is 17.2 Å². The van der Waals surface area contributed by atoms with Gasteiger partial charge in [0.15, 0.2) is 0 Å². The van der Waals surface area contributed by atoms with Crippen LogP contribution in [0.15, 0.2) is 42.5 Å². The molecule has 2 aromatic carbocycles. The standard InChI is InChI=1S/C19H21Cl2NO4/c1-13(2)12-25-19(23)22-8-9-24-18-7-6-16(11-17(18)21)26-15-5-3-4-14(20)10-15/h3-7,10-11,13H,8-9,12H2,1-2H3,(H,22,23). The molecule has 140 valence electrons. The minimum Gasteiger partial charge on any atom is -0.490 e. The first kappa shape index (κ1) is 20.2. The first-order valence-electron chi connectivity index (χ1n) is 8.20. The molecule has 1 amide bonds. The quantitative estimate of drug-likeness (QED) is 0.593. The highest BCUT2D eigenvalue weighted by Gasteiger charge is 2.07. The minimum atomic E-state index is -0.460. The maximum atomic E-state index is 11.4. The predicted molar refractivity (Wildman–Crippen MR) is 103 cm³/mol. The monoisotopic (exact) mass is 397 g/mol. The highest BCUT2D eigenvalue weighted by molar-refractivity contribution is 6.32. The normalized spacial score (nSPS) is 10.5. The van der Waals surface area contributed by atoms with Crippen molar-refractivity contribution in [2.75, 3.05) is 19.8 Å². The van der Waals surface area contributed by atoms with E-state index in [9.17, 15) is 4.79 Å². The number of amides is 1. The number of hydrogen-bond donors (Lipinski definition) is 1. The van der Waals surface area contributed by atoms with Gasteiger partial charge in [0.1, 0.15) is 23.9 Å². The molecule has 0 aliphatic carbocycles. The number of carbonyl (C=O) groups excluding carboxylic acids is 1. The molecule has 0 radical (unpaired) electrons. The lowest BCUT2D eigenvalue weighted by Gasteiger charge is -2.12. The van der Waals surface area contributed by atoms with Crippen molar-refractivity contribution in [3.8, 4) is 17.2 Å². The van der Waals surface area contributed by atoms with E-state index in [-0.39, 0.29) is 6.61 Å². The fourth-order valence-corrected chi connectivity index (χ4v) is 2.34. The zero-order chi connectivity index (χ0) is 18.9. The van der Waals surface area contributed by atoms with Crippen molar-refractivity contribution < 1.29 is 19.0 Å². The highest BCUT2D eigenvalue weighted by atomic mass is 35.5. The van der Waals surface area contributed by atoms with Crippen LogP contribution in [0.3, 0.4) is 0 Å². The molecular formula is C19H21Cl2NO4. The SMILES string of the molecule is CC(C)COC(=O)NCCOc1ccc(Oc2cccc(Cl)c2)cc1Cl. The van der Waals surface area contributed by atoms with Crippen LogP contribution in [-0.4, -0.2) is 25.9 Å². The van der Waals surface area contributed by atoms with Gasteiger partial charge in [-0.05, 0) is 36.2 Å². The molecule has 0 fully saturated rings. The van der Waals surface area contributed by atoms with E-state index in [0.717, 1.165) is 0 Å². The molecule has 2 aromatic rings. The van der Waals surface area contributed by atoms with Crippen LogP contribution in [0.1, 0.15) is 13.8 Å². The molecule has 0 bridgehead atoms. The summed E-state index contributed by atoms with van der Waals surface area (Å²) in [4.78, 5) is 11.4. The Bertz CT molecular complexity index is 737. The predicted octanol–water partition coefficient (Wildman–Crippen LogP) is 5.55. The van der Waals surface area contributed by atoms with Gasteiger partial charge in [0.2, 0.25) is 0 Å². The number of rotatable bonds is 8. The zero-order valence-electron chi connectivity index (χ0n) is 14.6. The largest absolute Gasteiger partial charge is 0.490 e. The fraction of sp³-hybridized carbons (Fsp3) is 0.316. The lowest BCUT2D eigenvalue weighted by Crippen LogP contribution is -2.29. The van der Waals surface area contributed by atoms with Crippen molar-refractivity contribution >= 4 is 29.3 Å². The molecule has 0 heterocycles. The van der Waals surface area contributed by atoms with Gasteiger partial charge in [-0.3, -0.25) is 0 Å². The van der Waals surface area contributed by atoms with E-state index >= 15 is 0 Å². The molecule has 5 nitrogen and oxygen atoms in total. The second-order valence-electron chi connectivity index (χ2n) is 5.92. The maximum Gasteiger partial charge on any atom is 0.407 e. The maximum absolute atomic E-state index is 11.4. The number of carbonyl (C=O) groups is 1. The summed E-state index contributed by atoms with van der Waals surface area (Å²) in [5, 5.41) is 3.61. The Morgan fingerprint density at radius 2 is 1.88 bits per heavy atom. The third-order valence-corrected chi connectivity index (χ3v) is 3.64. The highest BCUT2D eigenvalue weighted by Crippen LogP contribution is 2.31. The smallest absolute Gasteiger partial charge is 0.407 e. The number of ether oxygens (including phenoxy) is 3. The van der Waals surface area contributed by atoms with Gasteiger partial charge in [0, 0.05) is 11.1 Å². The Morgan fingerprint density at radius 1 is 1.12 bits per heavy atom. The summed E-state index contributed by atoms with van der Waals surface area (Å²) in [6.45, 7) is 4.90. The number of nitrogens with one attached hydrogen (secondary N) is 1. The molecule has 0 aromatic heterocycles. The van der Waals surface area contributed by atoms with Gasteiger partial charge in [-0.25, -0.2) is 4.79 Å². The Hall–Kier alpha value is -2.11. The third-order valence-electron chi connectivity index (χ3n) is 3.11. The first-order valence-corrected chi connectivity index (χ1v) is 8.96. The van der Waals surface area contributed by atoms with Gasteiger partial charge in [-0.1, -0.05) is 43.1 Å². The van der Waals surface area contributed by atoms with Crippen molar-refractivity contribution in [1.82, 2.24) is 5.32 Å². The van der Waals surface area contributed by atoms with E-state index < -0.39 is 6.09 Å². The van der Waals surface area contributed by atoms with E-state index in [0.29, 0.717) is 46.4 Å². The van der Waals surface area contributed by atoms with Gasteiger partial charge < -0.3 is 19.5 Å². The van der Waals surface area contributed by atoms with Crippen molar-refractivity contribution in [2.45, 2.75) is 13.8 Å². The van der Waals surface area contributed by atoms with Crippen LogP contribution >= 0.6 is 23.2 Å².